The predicted octanol–water partition coefficient (Wildman–Crippen LogP) is 1.01. The van der Waals surface area contributed by atoms with Gasteiger partial charge in [-0.3, -0.25) is 9.59 Å². The van der Waals surface area contributed by atoms with Crippen molar-refractivity contribution in [3.8, 4) is 0 Å². The van der Waals surface area contributed by atoms with Crippen LogP contribution in [-0.2, 0) is 19.1 Å². The van der Waals surface area contributed by atoms with Gasteiger partial charge in [-0.15, -0.1) is 0 Å². The fourth-order valence-electron chi connectivity index (χ4n) is 1.40. The fourth-order valence-corrected chi connectivity index (χ4v) is 1.40. The molecule has 0 aliphatic heterocycles. The lowest BCUT2D eigenvalue weighted by atomic mass is 10.1. The van der Waals surface area contributed by atoms with Crippen molar-refractivity contribution in [2.45, 2.75) is 65.2 Å². The molecule has 0 bridgehead atoms. The monoisotopic (exact) mass is 289 g/mol. The minimum Gasteiger partial charge on any atom is -0.460 e. The first kappa shape index (κ1) is 18.9. The minimum absolute atomic E-state index is 0.131. The van der Waals surface area contributed by atoms with E-state index in [2.05, 4.69) is 5.32 Å². The molecule has 1 atom stereocenters. The van der Waals surface area contributed by atoms with Crippen molar-refractivity contribution in [1.29, 1.82) is 0 Å². The molecule has 0 radical (unpaired) electrons. The number of aliphatic hydroxyl groups is 1. The summed E-state index contributed by atoms with van der Waals surface area (Å²) in [6.45, 7) is 10.6. The van der Waals surface area contributed by atoms with Gasteiger partial charge in [-0.25, -0.2) is 0 Å². The normalized spacial score (nSPS) is 13.8. The Morgan fingerprint density at radius 2 is 1.55 bits per heavy atom. The highest BCUT2D eigenvalue weighted by molar-refractivity contribution is 5.83. The van der Waals surface area contributed by atoms with Crippen LogP contribution in [0.3, 0.4) is 0 Å². The Labute approximate surface area is 120 Å². The maximum absolute atomic E-state index is 12.0. The molecule has 2 N–H and O–H groups in total. The van der Waals surface area contributed by atoms with Crippen LogP contribution in [0.5, 0.6) is 0 Å². The fraction of sp³-hybridized carbons (Fsp3) is 0.857. The third kappa shape index (κ3) is 9.75. The van der Waals surface area contributed by atoms with E-state index in [1.54, 1.807) is 41.5 Å². The maximum atomic E-state index is 12.0. The van der Waals surface area contributed by atoms with Gasteiger partial charge < -0.3 is 19.9 Å². The maximum Gasteiger partial charge on any atom is 0.324 e. The van der Waals surface area contributed by atoms with E-state index in [1.165, 1.54) is 0 Å². The average molecular weight is 289 g/mol. The molecule has 0 spiro atoms. The van der Waals surface area contributed by atoms with Crippen LogP contribution >= 0.6 is 0 Å². The SMILES string of the molecule is CC(C)(C)OC(=O)C[C@H](NCCO)C(=O)OC(C)(C)C. The molecule has 0 aliphatic rings. The summed E-state index contributed by atoms with van der Waals surface area (Å²) in [6.07, 6.45) is -0.133. The van der Waals surface area contributed by atoms with Gasteiger partial charge in [0.15, 0.2) is 0 Å². The zero-order chi connectivity index (χ0) is 16.0. The second-order valence-corrected chi connectivity index (χ2v) is 6.55. The summed E-state index contributed by atoms with van der Waals surface area (Å²) in [7, 11) is 0. The second-order valence-electron chi connectivity index (χ2n) is 6.55. The summed E-state index contributed by atoms with van der Waals surface area (Å²) >= 11 is 0. The van der Waals surface area contributed by atoms with Gasteiger partial charge in [0.2, 0.25) is 0 Å². The van der Waals surface area contributed by atoms with Crippen LogP contribution < -0.4 is 5.32 Å². The first-order valence-electron chi connectivity index (χ1n) is 6.73. The molecule has 0 saturated carbocycles. The first-order valence-corrected chi connectivity index (χ1v) is 6.73. The number of carbonyl (C=O) groups excluding carboxylic acids is 2. The highest BCUT2D eigenvalue weighted by Crippen LogP contribution is 2.13. The summed E-state index contributed by atoms with van der Waals surface area (Å²) < 4.78 is 10.4. The molecule has 0 aliphatic carbocycles. The standard InChI is InChI=1S/C14H27NO5/c1-13(2,3)19-11(17)9-10(15-7-8-16)12(18)20-14(4,5)6/h10,15-16H,7-9H2,1-6H3/t10-/m0/s1. The molecular formula is C14H27NO5. The Bertz CT molecular complexity index is 327. The van der Waals surface area contributed by atoms with Crippen molar-refractivity contribution in [2.24, 2.45) is 0 Å². The van der Waals surface area contributed by atoms with Crippen molar-refractivity contribution in [3.63, 3.8) is 0 Å². The number of nitrogens with one attached hydrogen (secondary N) is 1. The van der Waals surface area contributed by atoms with Crippen molar-refractivity contribution < 1.29 is 24.2 Å². The van der Waals surface area contributed by atoms with Crippen LogP contribution in [0.1, 0.15) is 48.0 Å². The van der Waals surface area contributed by atoms with E-state index in [0.29, 0.717) is 0 Å². The number of carbonyl (C=O) groups is 2. The van der Waals surface area contributed by atoms with Gasteiger partial charge in [0.1, 0.15) is 17.2 Å². The highest BCUT2D eigenvalue weighted by Gasteiger charge is 2.28. The average Bonchev–Trinajstić information content (AvgIpc) is 2.18. The number of esters is 2. The quantitative estimate of drug-likeness (QED) is 0.710. The smallest absolute Gasteiger partial charge is 0.324 e. The number of aliphatic hydroxyl groups excluding tert-OH is 1. The molecule has 118 valence electrons. The molecule has 0 heterocycles. The number of hydrogen-bond acceptors (Lipinski definition) is 6. The zero-order valence-electron chi connectivity index (χ0n) is 13.3. The van der Waals surface area contributed by atoms with Gasteiger partial charge >= 0.3 is 11.9 Å². The van der Waals surface area contributed by atoms with Gasteiger partial charge in [-0.05, 0) is 41.5 Å². The topological polar surface area (TPSA) is 84.9 Å². The molecule has 0 aromatic rings. The van der Waals surface area contributed by atoms with Crippen LogP contribution in [0.25, 0.3) is 0 Å². The Kier molecular flexibility index (Phi) is 7.16. The van der Waals surface area contributed by atoms with Crippen molar-refractivity contribution in [2.75, 3.05) is 13.2 Å². The van der Waals surface area contributed by atoms with Crippen LogP contribution in [0.4, 0.5) is 0 Å². The second kappa shape index (κ2) is 7.59. The van der Waals surface area contributed by atoms with Crippen LogP contribution in [0.15, 0.2) is 0 Å². The van der Waals surface area contributed by atoms with Gasteiger partial charge in [-0.1, -0.05) is 0 Å². The van der Waals surface area contributed by atoms with E-state index in [9.17, 15) is 9.59 Å². The lowest BCUT2D eigenvalue weighted by Gasteiger charge is -2.25. The molecule has 0 amide bonds. The number of ether oxygens (including phenoxy) is 2. The van der Waals surface area contributed by atoms with E-state index < -0.39 is 29.2 Å². The lowest BCUT2D eigenvalue weighted by molar-refractivity contribution is -0.164. The Balaban J connectivity index is 4.63. The molecule has 0 aromatic heterocycles. The lowest BCUT2D eigenvalue weighted by Crippen LogP contribution is -2.44. The van der Waals surface area contributed by atoms with E-state index >= 15 is 0 Å². The molecule has 6 nitrogen and oxygen atoms in total. The Hall–Kier alpha value is -1.14. The predicted molar refractivity (Wildman–Crippen MR) is 75.2 cm³/mol. The van der Waals surface area contributed by atoms with Crippen molar-refractivity contribution in [1.82, 2.24) is 5.32 Å². The van der Waals surface area contributed by atoms with Crippen LogP contribution in [0, 0.1) is 0 Å². The van der Waals surface area contributed by atoms with Gasteiger partial charge in [0.05, 0.1) is 13.0 Å². The molecule has 0 rings (SSSR count). The molecule has 0 saturated heterocycles. The van der Waals surface area contributed by atoms with E-state index in [-0.39, 0.29) is 19.6 Å². The first-order chi connectivity index (χ1) is 8.94. The van der Waals surface area contributed by atoms with Crippen LogP contribution in [-0.4, -0.2) is 47.4 Å². The van der Waals surface area contributed by atoms with Gasteiger partial charge in [-0.2, -0.15) is 0 Å². The summed E-state index contributed by atoms with van der Waals surface area (Å²) in [5.74, 6) is -1.02. The Morgan fingerprint density at radius 3 is 1.95 bits per heavy atom. The molecule has 0 aromatic carbocycles. The minimum atomic E-state index is -0.823. The van der Waals surface area contributed by atoms with Gasteiger partial charge in [0, 0.05) is 6.54 Å². The van der Waals surface area contributed by atoms with Crippen molar-refractivity contribution >= 4 is 11.9 Å². The third-order valence-corrected chi connectivity index (χ3v) is 1.98. The van der Waals surface area contributed by atoms with E-state index in [1.807, 2.05) is 0 Å². The molecule has 0 fully saturated rings. The Morgan fingerprint density at radius 1 is 1.05 bits per heavy atom. The number of hydrogen-bond donors (Lipinski definition) is 2. The van der Waals surface area contributed by atoms with Crippen LogP contribution in [0.2, 0.25) is 0 Å². The summed E-state index contributed by atoms with van der Waals surface area (Å²) in [5.41, 5.74) is -1.24. The summed E-state index contributed by atoms with van der Waals surface area (Å²) in [5, 5.41) is 11.6. The number of rotatable bonds is 6. The molecular weight excluding hydrogens is 262 g/mol. The third-order valence-electron chi connectivity index (χ3n) is 1.98. The largest absolute Gasteiger partial charge is 0.460 e. The zero-order valence-corrected chi connectivity index (χ0v) is 13.3. The van der Waals surface area contributed by atoms with E-state index in [0.717, 1.165) is 0 Å². The van der Waals surface area contributed by atoms with Gasteiger partial charge in [0.25, 0.3) is 0 Å². The van der Waals surface area contributed by atoms with Crippen molar-refractivity contribution in [3.05, 3.63) is 0 Å². The molecule has 20 heavy (non-hydrogen) atoms. The highest BCUT2D eigenvalue weighted by atomic mass is 16.6. The molecule has 6 heteroatoms. The van der Waals surface area contributed by atoms with E-state index in [4.69, 9.17) is 14.6 Å². The summed E-state index contributed by atoms with van der Waals surface area (Å²) in [4.78, 5) is 23.8. The molecule has 0 unspecified atom stereocenters. The summed E-state index contributed by atoms with van der Waals surface area (Å²) in [6, 6.07) is -0.823.